The number of anilines is 1. The van der Waals surface area contributed by atoms with Gasteiger partial charge >= 0.3 is 0 Å². The van der Waals surface area contributed by atoms with Crippen molar-refractivity contribution in [3.63, 3.8) is 0 Å². The fourth-order valence-corrected chi connectivity index (χ4v) is 3.92. The lowest BCUT2D eigenvalue weighted by atomic mass is 10.1. The van der Waals surface area contributed by atoms with E-state index in [1.54, 1.807) is 43.5 Å². The number of nitriles is 1. The van der Waals surface area contributed by atoms with E-state index in [1.807, 2.05) is 19.9 Å². The predicted molar refractivity (Wildman–Crippen MR) is 138 cm³/mol. The van der Waals surface area contributed by atoms with Gasteiger partial charge in [0.25, 0.3) is 5.91 Å². The molecule has 36 heavy (non-hydrogen) atoms. The van der Waals surface area contributed by atoms with E-state index in [0.29, 0.717) is 41.0 Å². The highest BCUT2D eigenvalue weighted by Crippen LogP contribution is 2.37. The zero-order valence-corrected chi connectivity index (χ0v) is 21.6. The van der Waals surface area contributed by atoms with Crippen LogP contribution in [0.1, 0.15) is 24.4 Å². The zero-order chi connectivity index (χ0) is 25.9. The van der Waals surface area contributed by atoms with E-state index < -0.39 is 5.91 Å². The Labute approximate surface area is 218 Å². The number of halogens is 1. The van der Waals surface area contributed by atoms with Crippen LogP contribution in [0.4, 0.5) is 5.13 Å². The average molecular weight is 529 g/mol. The summed E-state index contributed by atoms with van der Waals surface area (Å²) in [5, 5.41) is 21.4. The summed E-state index contributed by atoms with van der Waals surface area (Å²) in [6.45, 7) is 4.63. The van der Waals surface area contributed by atoms with Crippen LogP contribution in [0.2, 0.25) is 5.02 Å². The molecule has 0 radical (unpaired) electrons. The molecular weight excluding hydrogens is 504 g/mol. The van der Waals surface area contributed by atoms with Crippen molar-refractivity contribution < 1.29 is 23.7 Å². The average Bonchev–Trinajstić information content (AvgIpc) is 3.34. The Balaban J connectivity index is 1.69. The topological polar surface area (TPSA) is 116 Å². The van der Waals surface area contributed by atoms with E-state index in [0.717, 1.165) is 10.8 Å². The number of hydrogen-bond acceptors (Lipinski definition) is 9. The molecule has 3 rings (SSSR count). The Morgan fingerprint density at radius 2 is 1.83 bits per heavy atom. The third-order valence-electron chi connectivity index (χ3n) is 4.66. The summed E-state index contributed by atoms with van der Waals surface area (Å²) in [5.41, 5.74) is 0.381. The van der Waals surface area contributed by atoms with Crippen LogP contribution in [-0.4, -0.2) is 43.0 Å². The maximum Gasteiger partial charge on any atom is 0.268 e. The first-order valence-corrected chi connectivity index (χ1v) is 12.3. The van der Waals surface area contributed by atoms with Crippen LogP contribution in [0.3, 0.4) is 0 Å². The summed E-state index contributed by atoms with van der Waals surface area (Å²) in [5.74, 6) is 1.55. The molecular formula is C25H25ClN4O5S. The first-order chi connectivity index (χ1) is 17.5. The minimum atomic E-state index is -0.596. The minimum Gasteiger partial charge on any atom is -0.497 e. The third kappa shape index (κ3) is 7.34. The standard InChI is InChI=1S/C25H25ClN4O5S/c1-4-22-29-30-25(36-22)28-24(31)17(15-27)12-16-13-20(26)23(21(14-16)33-5-2)35-11-10-34-19-8-6-18(32-3)7-9-19/h6-9,12-14H,4-5,10-11H2,1-3H3,(H,28,30,31). The van der Waals surface area contributed by atoms with Crippen LogP contribution in [-0.2, 0) is 11.2 Å². The summed E-state index contributed by atoms with van der Waals surface area (Å²) in [6, 6.07) is 12.4. The normalized spacial score (nSPS) is 10.9. The lowest BCUT2D eigenvalue weighted by Crippen LogP contribution is -2.13. The molecule has 0 unspecified atom stereocenters. The maximum absolute atomic E-state index is 12.6. The second-order valence-electron chi connectivity index (χ2n) is 7.11. The van der Waals surface area contributed by atoms with Gasteiger partial charge < -0.3 is 18.9 Å². The van der Waals surface area contributed by atoms with Crippen molar-refractivity contribution in [2.75, 3.05) is 32.2 Å². The molecule has 11 heteroatoms. The van der Waals surface area contributed by atoms with Gasteiger partial charge in [0.2, 0.25) is 5.13 Å². The first-order valence-electron chi connectivity index (χ1n) is 11.1. The van der Waals surface area contributed by atoms with Crippen molar-refractivity contribution in [2.24, 2.45) is 0 Å². The fraction of sp³-hybridized carbons (Fsp3) is 0.280. The highest BCUT2D eigenvalue weighted by atomic mass is 35.5. The predicted octanol–water partition coefficient (Wildman–Crippen LogP) is 5.16. The molecule has 0 fully saturated rings. The number of hydrogen-bond donors (Lipinski definition) is 1. The fourth-order valence-electron chi connectivity index (χ4n) is 2.98. The van der Waals surface area contributed by atoms with Gasteiger partial charge in [-0.15, -0.1) is 10.2 Å². The molecule has 0 aliphatic carbocycles. The molecule has 9 nitrogen and oxygen atoms in total. The number of carbonyl (C=O) groups is 1. The van der Waals surface area contributed by atoms with E-state index in [1.165, 1.54) is 17.4 Å². The Bertz CT molecular complexity index is 1250. The van der Waals surface area contributed by atoms with Gasteiger partial charge in [0.15, 0.2) is 11.5 Å². The Morgan fingerprint density at radius 3 is 2.47 bits per heavy atom. The van der Waals surface area contributed by atoms with Crippen molar-refractivity contribution in [3.05, 3.63) is 57.6 Å². The smallest absolute Gasteiger partial charge is 0.268 e. The summed E-state index contributed by atoms with van der Waals surface area (Å²) in [4.78, 5) is 12.6. The van der Waals surface area contributed by atoms with Gasteiger partial charge in [0.05, 0.1) is 18.7 Å². The Kier molecular flexibility index (Phi) is 9.92. The first kappa shape index (κ1) is 26.8. The minimum absolute atomic E-state index is 0.122. The summed E-state index contributed by atoms with van der Waals surface area (Å²) < 4.78 is 22.3. The number of ether oxygens (including phenoxy) is 4. The molecule has 1 N–H and O–H groups in total. The molecule has 3 aromatic rings. The molecule has 1 amide bonds. The zero-order valence-electron chi connectivity index (χ0n) is 20.0. The van der Waals surface area contributed by atoms with Gasteiger partial charge in [0, 0.05) is 0 Å². The van der Waals surface area contributed by atoms with Crippen LogP contribution >= 0.6 is 22.9 Å². The van der Waals surface area contributed by atoms with Crippen molar-refractivity contribution in [3.8, 4) is 29.1 Å². The number of aryl methyl sites for hydroxylation is 1. The van der Waals surface area contributed by atoms with Crippen molar-refractivity contribution >= 4 is 40.1 Å². The SMILES string of the molecule is CCOc1cc(C=C(C#N)C(=O)Nc2nnc(CC)s2)cc(Cl)c1OCCOc1ccc(OC)cc1. The van der Waals surface area contributed by atoms with E-state index in [-0.39, 0.29) is 23.8 Å². The van der Waals surface area contributed by atoms with E-state index in [2.05, 4.69) is 15.5 Å². The number of carbonyl (C=O) groups excluding carboxylic acids is 1. The number of methoxy groups -OCH3 is 1. The quantitative estimate of drug-likeness (QED) is 0.194. The molecule has 2 aromatic carbocycles. The molecule has 1 aromatic heterocycles. The van der Waals surface area contributed by atoms with Crippen LogP contribution in [0, 0.1) is 11.3 Å². The molecule has 1 heterocycles. The number of benzene rings is 2. The van der Waals surface area contributed by atoms with Crippen molar-refractivity contribution in [1.82, 2.24) is 10.2 Å². The van der Waals surface area contributed by atoms with Crippen LogP contribution in [0.5, 0.6) is 23.0 Å². The van der Waals surface area contributed by atoms with E-state index >= 15 is 0 Å². The van der Waals surface area contributed by atoms with Gasteiger partial charge in [0.1, 0.15) is 41.4 Å². The second kappa shape index (κ2) is 13.3. The molecule has 0 saturated heterocycles. The van der Waals surface area contributed by atoms with E-state index in [9.17, 15) is 10.1 Å². The van der Waals surface area contributed by atoms with Crippen LogP contribution < -0.4 is 24.3 Å². The van der Waals surface area contributed by atoms with Gasteiger partial charge in [-0.2, -0.15) is 5.26 Å². The van der Waals surface area contributed by atoms with Gasteiger partial charge in [-0.25, -0.2) is 0 Å². The van der Waals surface area contributed by atoms with Gasteiger partial charge in [-0.1, -0.05) is 29.9 Å². The highest BCUT2D eigenvalue weighted by Gasteiger charge is 2.16. The summed E-state index contributed by atoms with van der Waals surface area (Å²) in [7, 11) is 1.60. The molecule has 0 spiro atoms. The number of amides is 1. The number of nitrogens with zero attached hydrogens (tertiary/aromatic N) is 3. The number of aromatic nitrogens is 2. The van der Waals surface area contributed by atoms with Crippen molar-refractivity contribution in [2.45, 2.75) is 20.3 Å². The molecule has 188 valence electrons. The second-order valence-corrected chi connectivity index (χ2v) is 8.58. The molecule has 0 bridgehead atoms. The van der Waals surface area contributed by atoms with Gasteiger partial charge in [-0.3, -0.25) is 10.1 Å². The molecule has 0 aliphatic rings. The Hall–Kier alpha value is -3.81. The van der Waals surface area contributed by atoms with E-state index in [4.69, 9.17) is 30.5 Å². The third-order valence-corrected chi connectivity index (χ3v) is 5.92. The summed E-state index contributed by atoms with van der Waals surface area (Å²) in [6.07, 6.45) is 2.12. The molecule has 0 saturated carbocycles. The largest absolute Gasteiger partial charge is 0.497 e. The van der Waals surface area contributed by atoms with Gasteiger partial charge in [-0.05, 0) is 61.4 Å². The highest BCUT2D eigenvalue weighted by molar-refractivity contribution is 7.15. The lowest BCUT2D eigenvalue weighted by molar-refractivity contribution is -0.112. The van der Waals surface area contributed by atoms with Crippen LogP contribution in [0.15, 0.2) is 42.0 Å². The van der Waals surface area contributed by atoms with Crippen molar-refractivity contribution in [1.29, 1.82) is 5.26 Å². The lowest BCUT2D eigenvalue weighted by Gasteiger charge is -2.15. The molecule has 0 aliphatic heterocycles. The molecule has 0 atom stereocenters. The monoisotopic (exact) mass is 528 g/mol. The number of nitrogens with one attached hydrogen (secondary N) is 1. The summed E-state index contributed by atoms with van der Waals surface area (Å²) >= 11 is 7.72. The Morgan fingerprint density at radius 1 is 1.11 bits per heavy atom. The van der Waals surface area contributed by atoms with Crippen LogP contribution in [0.25, 0.3) is 6.08 Å². The number of rotatable bonds is 12. The maximum atomic E-state index is 12.6.